The minimum Gasteiger partial charge on any atom is -0.496 e. The molecular weight excluding hydrogens is 368 g/mol. The number of para-hydroxylation sites is 1. The Kier molecular flexibility index (Phi) is 4.80. The van der Waals surface area contributed by atoms with E-state index in [-0.39, 0.29) is 18.2 Å². The molecule has 0 aliphatic carbocycles. The predicted molar refractivity (Wildman–Crippen MR) is 111 cm³/mol. The highest BCUT2D eigenvalue weighted by molar-refractivity contribution is 6.03. The fraction of sp³-hybridized carbons (Fsp3) is 0.227. The number of ether oxygens (including phenoxy) is 1. The van der Waals surface area contributed by atoms with Crippen LogP contribution in [0.3, 0.4) is 0 Å². The lowest BCUT2D eigenvalue weighted by atomic mass is 10.0. The van der Waals surface area contributed by atoms with E-state index in [1.807, 2.05) is 56.3 Å². The van der Waals surface area contributed by atoms with Crippen molar-refractivity contribution in [1.29, 1.82) is 0 Å². The summed E-state index contributed by atoms with van der Waals surface area (Å²) in [6, 6.07) is 12.6. The highest BCUT2D eigenvalue weighted by atomic mass is 16.5. The molecule has 2 N–H and O–H groups in total. The number of nitrogens with zero attached hydrogens (tertiary/aromatic N) is 2. The summed E-state index contributed by atoms with van der Waals surface area (Å²) >= 11 is 0. The third-order valence-corrected chi connectivity index (χ3v) is 5.07. The van der Waals surface area contributed by atoms with Gasteiger partial charge in [0.1, 0.15) is 17.6 Å². The molecular formula is C22H22N4O3. The number of fused-ring (bicyclic) bond motifs is 1. The molecule has 7 heteroatoms. The van der Waals surface area contributed by atoms with Crippen molar-refractivity contribution in [2.24, 2.45) is 0 Å². The van der Waals surface area contributed by atoms with Gasteiger partial charge in [-0.05, 0) is 31.5 Å². The van der Waals surface area contributed by atoms with E-state index < -0.39 is 6.04 Å². The van der Waals surface area contributed by atoms with E-state index >= 15 is 0 Å². The van der Waals surface area contributed by atoms with E-state index in [1.54, 1.807) is 18.0 Å². The molecule has 2 amide bonds. The summed E-state index contributed by atoms with van der Waals surface area (Å²) in [5.74, 6) is 0.656. The summed E-state index contributed by atoms with van der Waals surface area (Å²) in [5, 5.41) is 10.2. The lowest BCUT2D eigenvalue weighted by molar-refractivity contribution is -0.125. The Morgan fingerprint density at radius 2 is 2.00 bits per heavy atom. The van der Waals surface area contributed by atoms with Gasteiger partial charge in [-0.2, -0.15) is 5.10 Å². The first-order chi connectivity index (χ1) is 14.0. The van der Waals surface area contributed by atoms with Crippen LogP contribution in [-0.2, 0) is 9.59 Å². The summed E-state index contributed by atoms with van der Waals surface area (Å²) in [5.41, 5.74) is 4.32. The first-order valence-corrected chi connectivity index (χ1v) is 9.37. The normalized spacial score (nSPS) is 15.4. The molecule has 148 valence electrons. The Balaban J connectivity index is 1.69. The Labute approximate surface area is 168 Å². The number of aryl methyl sites for hydroxylation is 2. The fourth-order valence-corrected chi connectivity index (χ4v) is 3.61. The van der Waals surface area contributed by atoms with E-state index in [9.17, 15) is 9.59 Å². The molecule has 3 aromatic rings. The molecule has 0 saturated carbocycles. The maximum absolute atomic E-state index is 13.0. The van der Waals surface area contributed by atoms with Gasteiger partial charge in [0.2, 0.25) is 11.8 Å². The molecule has 0 radical (unpaired) electrons. The van der Waals surface area contributed by atoms with Crippen LogP contribution in [0.5, 0.6) is 5.75 Å². The SMILES string of the molecule is COc1ccccc1-c1cnn2c1NC(=O)C[C@@H]2C(=O)Nc1ccc(C)cc1C. The lowest BCUT2D eigenvalue weighted by Crippen LogP contribution is -2.36. The molecule has 0 fully saturated rings. The van der Waals surface area contributed by atoms with Crippen LogP contribution in [0.4, 0.5) is 11.5 Å². The monoisotopic (exact) mass is 390 g/mol. The van der Waals surface area contributed by atoms with Gasteiger partial charge < -0.3 is 15.4 Å². The molecule has 0 unspecified atom stereocenters. The van der Waals surface area contributed by atoms with Crippen LogP contribution < -0.4 is 15.4 Å². The number of amides is 2. The largest absolute Gasteiger partial charge is 0.496 e. The minimum absolute atomic E-state index is 0.0246. The summed E-state index contributed by atoms with van der Waals surface area (Å²) in [4.78, 5) is 25.4. The number of anilines is 2. The Morgan fingerprint density at radius 3 is 2.76 bits per heavy atom. The maximum atomic E-state index is 13.0. The summed E-state index contributed by atoms with van der Waals surface area (Å²) in [6.45, 7) is 3.94. The summed E-state index contributed by atoms with van der Waals surface area (Å²) in [7, 11) is 1.59. The standard InChI is InChI=1S/C22H22N4O3/c1-13-8-9-17(14(2)10-13)24-22(28)18-11-20(27)25-21-16(12-23-26(18)21)15-6-4-5-7-19(15)29-3/h4-10,12,18H,11H2,1-3H3,(H,24,28)(H,25,27)/t18-/m1/s1. The smallest absolute Gasteiger partial charge is 0.249 e. The van der Waals surface area contributed by atoms with Gasteiger partial charge in [0.25, 0.3) is 0 Å². The number of carbonyl (C=O) groups excluding carboxylic acids is 2. The molecule has 1 aromatic heterocycles. The zero-order chi connectivity index (χ0) is 20.5. The van der Waals surface area contributed by atoms with Crippen LogP contribution in [-0.4, -0.2) is 28.7 Å². The number of nitrogens with one attached hydrogen (secondary N) is 2. The van der Waals surface area contributed by atoms with Gasteiger partial charge in [-0.15, -0.1) is 0 Å². The number of aromatic nitrogens is 2. The topological polar surface area (TPSA) is 85.2 Å². The van der Waals surface area contributed by atoms with Crippen molar-refractivity contribution >= 4 is 23.3 Å². The molecule has 4 rings (SSSR count). The quantitative estimate of drug-likeness (QED) is 0.711. The lowest BCUT2D eigenvalue weighted by Gasteiger charge is -2.25. The van der Waals surface area contributed by atoms with Crippen LogP contribution in [0.1, 0.15) is 23.6 Å². The highest BCUT2D eigenvalue weighted by Crippen LogP contribution is 2.38. The van der Waals surface area contributed by atoms with Crippen molar-refractivity contribution in [3.63, 3.8) is 0 Å². The molecule has 2 heterocycles. The zero-order valence-electron chi connectivity index (χ0n) is 16.5. The zero-order valence-corrected chi connectivity index (χ0v) is 16.5. The Hall–Kier alpha value is -3.61. The number of hydrogen-bond acceptors (Lipinski definition) is 4. The Bertz CT molecular complexity index is 1100. The molecule has 7 nitrogen and oxygen atoms in total. The van der Waals surface area contributed by atoms with Gasteiger partial charge in [-0.1, -0.05) is 35.9 Å². The minimum atomic E-state index is -0.733. The van der Waals surface area contributed by atoms with E-state index in [0.717, 1.165) is 22.4 Å². The first kappa shape index (κ1) is 18.7. The second-order valence-corrected chi connectivity index (χ2v) is 7.13. The number of carbonyl (C=O) groups is 2. The van der Waals surface area contributed by atoms with Gasteiger partial charge >= 0.3 is 0 Å². The maximum Gasteiger partial charge on any atom is 0.249 e. The average Bonchev–Trinajstić information content (AvgIpc) is 3.12. The number of benzene rings is 2. The fourth-order valence-electron chi connectivity index (χ4n) is 3.61. The molecule has 29 heavy (non-hydrogen) atoms. The summed E-state index contributed by atoms with van der Waals surface area (Å²) in [6.07, 6.45) is 1.67. The van der Waals surface area contributed by atoms with Crippen molar-refractivity contribution in [1.82, 2.24) is 9.78 Å². The molecule has 0 spiro atoms. The van der Waals surface area contributed by atoms with Crippen LogP contribution in [0.15, 0.2) is 48.7 Å². The van der Waals surface area contributed by atoms with Gasteiger partial charge in [0.05, 0.1) is 19.7 Å². The molecule has 1 aliphatic heterocycles. The molecule has 0 saturated heterocycles. The van der Waals surface area contributed by atoms with Crippen molar-refractivity contribution in [3.8, 4) is 16.9 Å². The van der Waals surface area contributed by atoms with E-state index in [1.165, 1.54) is 0 Å². The van der Waals surface area contributed by atoms with Gasteiger partial charge in [0, 0.05) is 16.8 Å². The second kappa shape index (κ2) is 7.43. The molecule has 1 aliphatic rings. The Morgan fingerprint density at radius 1 is 1.21 bits per heavy atom. The van der Waals surface area contributed by atoms with Crippen molar-refractivity contribution in [2.75, 3.05) is 17.7 Å². The summed E-state index contributed by atoms with van der Waals surface area (Å²) < 4.78 is 7.01. The highest BCUT2D eigenvalue weighted by Gasteiger charge is 2.33. The van der Waals surface area contributed by atoms with Crippen molar-refractivity contribution in [3.05, 3.63) is 59.8 Å². The second-order valence-electron chi connectivity index (χ2n) is 7.13. The predicted octanol–water partition coefficient (Wildman–Crippen LogP) is 3.70. The van der Waals surface area contributed by atoms with Crippen molar-refractivity contribution in [2.45, 2.75) is 26.3 Å². The van der Waals surface area contributed by atoms with Crippen LogP contribution in [0.2, 0.25) is 0 Å². The van der Waals surface area contributed by atoms with E-state index in [4.69, 9.17) is 4.74 Å². The molecule has 2 aromatic carbocycles. The number of rotatable bonds is 4. The third-order valence-electron chi connectivity index (χ3n) is 5.07. The molecule has 1 atom stereocenters. The first-order valence-electron chi connectivity index (χ1n) is 9.37. The van der Waals surface area contributed by atoms with E-state index in [0.29, 0.717) is 17.1 Å². The van der Waals surface area contributed by atoms with Gasteiger partial charge in [0.15, 0.2) is 0 Å². The third kappa shape index (κ3) is 3.47. The van der Waals surface area contributed by atoms with Gasteiger partial charge in [-0.25, -0.2) is 4.68 Å². The number of hydrogen-bond donors (Lipinski definition) is 2. The van der Waals surface area contributed by atoms with Crippen LogP contribution in [0, 0.1) is 13.8 Å². The number of methoxy groups -OCH3 is 1. The molecule has 0 bridgehead atoms. The van der Waals surface area contributed by atoms with Gasteiger partial charge in [-0.3, -0.25) is 9.59 Å². The average molecular weight is 390 g/mol. The van der Waals surface area contributed by atoms with Crippen LogP contribution >= 0.6 is 0 Å². The van der Waals surface area contributed by atoms with Crippen molar-refractivity contribution < 1.29 is 14.3 Å². The van der Waals surface area contributed by atoms with Crippen LogP contribution in [0.25, 0.3) is 11.1 Å². The van der Waals surface area contributed by atoms with E-state index in [2.05, 4.69) is 15.7 Å².